The van der Waals surface area contributed by atoms with Crippen LogP contribution in [0.3, 0.4) is 0 Å². The Morgan fingerprint density at radius 1 is 1.42 bits per heavy atom. The first-order valence-corrected chi connectivity index (χ1v) is 7.83. The topological polar surface area (TPSA) is 52.3 Å². The zero-order chi connectivity index (χ0) is 13.4. The number of anilines is 1. The van der Waals surface area contributed by atoms with Crippen molar-refractivity contribution in [3.8, 4) is 10.4 Å². The van der Waals surface area contributed by atoms with Crippen LogP contribution in [-0.4, -0.2) is 12.6 Å². The van der Waals surface area contributed by atoms with Gasteiger partial charge in [-0.15, -0.1) is 23.1 Å². The lowest BCUT2D eigenvalue weighted by atomic mass is 10.1. The van der Waals surface area contributed by atoms with Gasteiger partial charge < -0.3 is 10.5 Å². The molecule has 2 heterocycles. The van der Waals surface area contributed by atoms with Crippen molar-refractivity contribution in [3.05, 3.63) is 34.7 Å². The molecule has 19 heavy (non-hydrogen) atoms. The van der Waals surface area contributed by atoms with E-state index in [0.717, 1.165) is 16.2 Å². The molecule has 1 aliphatic rings. The molecule has 1 aromatic heterocycles. The first kappa shape index (κ1) is 12.6. The highest BCUT2D eigenvalue weighted by Gasteiger charge is 2.26. The van der Waals surface area contributed by atoms with E-state index in [1.165, 1.54) is 21.8 Å². The quantitative estimate of drug-likeness (QED) is 0.856. The molecule has 1 aliphatic heterocycles. The molecule has 0 saturated carbocycles. The first-order valence-electron chi connectivity index (χ1n) is 6.02. The Bertz CT molecular complexity index is 649. The fourth-order valence-corrected chi connectivity index (χ4v) is 4.55. The Kier molecular flexibility index (Phi) is 3.24. The van der Waals surface area contributed by atoms with E-state index in [1.54, 1.807) is 18.7 Å². The van der Waals surface area contributed by atoms with E-state index in [2.05, 4.69) is 12.1 Å². The van der Waals surface area contributed by atoms with Crippen LogP contribution in [0.2, 0.25) is 0 Å². The SMILES string of the molecule is CCOC(=O)c1sc2c(c1N)CSc1ccccc1-2. The maximum atomic E-state index is 11.9. The molecule has 3 rings (SSSR count). The van der Waals surface area contributed by atoms with E-state index in [4.69, 9.17) is 10.5 Å². The maximum absolute atomic E-state index is 11.9. The number of nitrogen functional groups attached to an aromatic ring is 1. The number of carbonyl (C=O) groups is 1. The minimum atomic E-state index is -0.318. The Hall–Kier alpha value is -1.46. The second kappa shape index (κ2) is 4.90. The lowest BCUT2D eigenvalue weighted by Crippen LogP contribution is -2.05. The summed E-state index contributed by atoms with van der Waals surface area (Å²) in [6, 6.07) is 8.21. The molecule has 1 aromatic carbocycles. The van der Waals surface area contributed by atoms with Gasteiger partial charge in [0.25, 0.3) is 0 Å². The minimum absolute atomic E-state index is 0.318. The third kappa shape index (κ3) is 2.03. The molecule has 0 unspecified atom stereocenters. The van der Waals surface area contributed by atoms with Crippen LogP contribution in [0.25, 0.3) is 10.4 Å². The van der Waals surface area contributed by atoms with Crippen LogP contribution < -0.4 is 5.73 Å². The molecule has 2 aromatic rings. The van der Waals surface area contributed by atoms with Crippen LogP contribution in [-0.2, 0) is 10.5 Å². The Balaban J connectivity index is 2.12. The number of carbonyl (C=O) groups excluding carboxylic acids is 1. The van der Waals surface area contributed by atoms with Gasteiger partial charge in [-0.1, -0.05) is 18.2 Å². The number of fused-ring (bicyclic) bond motifs is 3. The normalized spacial score (nSPS) is 12.7. The molecule has 0 bridgehead atoms. The standard InChI is InChI=1S/C14H13NO2S2/c1-2-17-14(16)13-11(15)9-7-18-10-6-4-3-5-8(10)12(9)19-13/h3-6H,2,7,15H2,1H3. The van der Waals surface area contributed by atoms with Gasteiger partial charge in [0.05, 0.1) is 12.3 Å². The van der Waals surface area contributed by atoms with Crippen molar-refractivity contribution < 1.29 is 9.53 Å². The highest BCUT2D eigenvalue weighted by atomic mass is 32.2. The van der Waals surface area contributed by atoms with E-state index >= 15 is 0 Å². The molecule has 0 spiro atoms. The summed E-state index contributed by atoms with van der Waals surface area (Å²) >= 11 is 3.20. The van der Waals surface area contributed by atoms with Gasteiger partial charge in [0.1, 0.15) is 4.88 Å². The smallest absolute Gasteiger partial charge is 0.350 e. The number of ether oxygens (including phenoxy) is 1. The van der Waals surface area contributed by atoms with Crippen LogP contribution in [0.15, 0.2) is 29.2 Å². The van der Waals surface area contributed by atoms with Crippen molar-refractivity contribution in [1.82, 2.24) is 0 Å². The van der Waals surface area contributed by atoms with Crippen LogP contribution in [0.5, 0.6) is 0 Å². The summed E-state index contributed by atoms with van der Waals surface area (Å²) in [6.07, 6.45) is 0. The molecule has 98 valence electrons. The molecule has 0 aliphatic carbocycles. The number of rotatable bonds is 2. The largest absolute Gasteiger partial charge is 0.462 e. The lowest BCUT2D eigenvalue weighted by Gasteiger charge is -2.15. The molecular weight excluding hydrogens is 278 g/mol. The highest BCUT2D eigenvalue weighted by molar-refractivity contribution is 7.98. The summed E-state index contributed by atoms with van der Waals surface area (Å²) in [5, 5.41) is 0. The number of thioether (sulfide) groups is 1. The average molecular weight is 291 g/mol. The number of nitrogens with two attached hydrogens (primary N) is 1. The second-order valence-corrected chi connectivity index (χ2v) is 6.20. The summed E-state index contributed by atoms with van der Waals surface area (Å²) < 4.78 is 5.06. The summed E-state index contributed by atoms with van der Waals surface area (Å²) in [7, 11) is 0. The molecule has 0 saturated heterocycles. The summed E-state index contributed by atoms with van der Waals surface area (Å²) in [5.41, 5.74) is 8.93. The molecule has 0 atom stereocenters. The van der Waals surface area contributed by atoms with Crippen molar-refractivity contribution >= 4 is 34.8 Å². The Labute approximate surface area is 119 Å². The Morgan fingerprint density at radius 2 is 2.21 bits per heavy atom. The third-order valence-corrected chi connectivity index (χ3v) is 5.37. The predicted molar refractivity (Wildman–Crippen MR) is 79.7 cm³/mol. The number of esters is 1. The molecule has 3 nitrogen and oxygen atoms in total. The van der Waals surface area contributed by atoms with E-state index in [1.807, 2.05) is 12.1 Å². The maximum Gasteiger partial charge on any atom is 0.350 e. The fraction of sp³-hybridized carbons (Fsp3) is 0.214. The number of benzene rings is 1. The van der Waals surface area contributed by atoms with Crippen LogP contribution in [0.1, 0.15) is 22.2 Å². The zero-order valence-electron chi connectivity index (χ0n) is 10.4. The van der Waals surface area contributed by atoms with Gasteiger partial charge in [-0.3, -0.25) is 0 Å². The molecule has 0 amide bonds. The fourth-order valence-electron chi connectivity index (χ4n) is 2.12. The van der Waals surface area contributed by atoms with Gasteiger partial charge in [-0.2, -0.15) is 0 Å². The minimum Gasteiger partial charge on any atom is -0.462 e. The van der Waals surface area contributed by atoms with Gasteiger partial charge in [-0.25, -0.2) is 4.79 Å². The van der Waals surface area contributed by atoms with Crippen LogP contribution in [0, 0.1) is 0 Å². The van der Waals surface area contributed by atoms with Gasteiger partial charge in [0.15, 0.2) is 0 Å². The Morgan fingerprint density at radius 3 is 3.00 bits per heavy atom. The highest BCUT2D eigenvalue weighted by Crippen LogP contribution is 2.48. The van der Waals surface area contributed by atoms with E-state index in [0.29, 0.717) is 17.2 Å². The van der Waals surface area contributed by atoms with E-state index in [-0.39, 0.29) is 5.97 Å². The van der Waals surface area contributed by atoms with Crippen molar-refractivity contribution in [2.75, 3.05) is 12.3 Å². The molecule has 0 fully saturated rings. The van der Waals surface area contributed by atoms with Gasteiger partial charge >= 0.3 is 5.97 Å². The average Bonchev–Trinajstić information content (AvgIpc) is 2.77. The number of hydrogen-bond acceptors (Lipinski definition) is 5. The molecule has 5 heteroatoms. The van der Waals surface area contributed by atoms with Crippen molar-refractivity contribution in [3.63, 3.8) is 0 Å². The van der Waals surface area contributed by atoms with Gasteiger partial charge in [0, 0.05) is 26.7 Å². The number of hydrogen-bond donors (Lipinski definition) is 1. The number of thiophene rings is 1. The van der Waals surface area contributed by atoms with Crippen molar-refractivity contribution in [1.29, 1.82) is 0 Å². The lowest BCUT2D eigenvalue weighted by molar-refractivity contribution is 0.0533. The van der Waals surface area contributed by atoms with E-state index < -0.39 is 0 Å². The molecular formula is C14H13NO2S2. The third-order valence-electron chi connectivity index (χ3n) is 3.01. The molecule has 2 N–H and O–H groups in total. The van der Waals surface area contributed by atoms with Crippen molar-refractivity contribution in [2.24, 2.45) is 0 Å². The van der Waals surface area contributed by atoms with Crippen molar-refractivity contribution in [2.45, 2.75) is 17.6 Å². The summed E-state index contributed by atoms with van der Waals surface area (Å²) in [4.78, 5) is 14.8. The zero-order valence-corrected chi connectivity index (χ0v) is 12.1. The summed E-state index contributed by atoms with van der Waals surface area (Å²) in [5.74, 6) is 0.496. The summed E-state index contributed by atoms with van der Waals surface area (Å²) in [6.45, 7) is 2.17. The predicted octanol–water partition coefficient (Wildman–Crippen LogP) is 3.78. The monoisotopic (exact) mass is 291 g/mol. The molecule has 0 radical (unpaired) electrons. The van der Waals surface area contributed by atoms with Crippen LogP contribution in [0.4, 0.5) is 5.69 Å². The van der Waals surface area contributed by atoms with Crippen LogP contribution >= 0.6 is 23.1 Å². The first-order chi connectivity index (χ1) is 9.22. The van der Waals surface area contributed by atoms with Gasteiger partial charge in [-0.05, 0) is 13.0 Å². The van der Waals surface area contributed by atoms with Gasteiger partial charge in [0.2, 0.25) is 0 Å². The second-order valence-electron chi connectivity index (χ2n) is 4.16. The van der Waals surface area contributed by atoms with E-state index in [9.17, 15) is 4.79 Å².